The minimum absolute atomic E-state index is 0.231. The maximum absolute atomic E-state index is 9.69. The molecule has 7 heteroatoms. The second kappa shape index (κ2) is 5.51. The van der Waals surface area contributed by atoms with E-state index < -0.39 is 0 Å². The molecule has 0 saturated carbocycles. The highest BCUT2D eigenvalue weighted by molar-refractivity contribution is 7.16. The number of hydrogen-bond donors (Lipinski definition) is 3. The SMILES string of the molecule is CC(O)C1CCN(c2nc(NN)nc3sccc23)CC1. The topological polar surface area (TPSA) is 87.3 Å². The van der Waals surface area contributed by atoms with Gasteiger partial charge in [0.15, 0.2) is 0 Å². The molecule has 1 aliphatic heterocycles. The molecule has 1 unspecified atom stereocenters. The van der Waals surface area contributed by atoms with Gasteiger partial charge >= 0.3 is 0 Å². The van der Waals surface area contributed by atoms with E-state index in [1.807, 2.05) is 12.3 Å². The number of fused-ring (bicyclic) bond motifs is 1. The molecule has 6 nitrogen and oxygen atoms in total. The smallest absolute Gasteiger partial charge is 0.240 e. The first kappa shape index (κ1) is 13.5. The van der Waals surface area contributed by atoms with E-state index >= 15 is 0 Å². The van der Waals surface area contributed by atoms with Crippen LogP contribution < -0.4 is 16.2 Å². The van der Waals surface area contributed by atoms with E-state index in [-0.39, 0.29) is 6.10 Å². The minimum Gasteiger partial charge on any atom is -0.393 e. The van der Waals surface area contributed by atoms with Crippen LogP contribution in [0.15, 0.2) is 11.4 Å². The molecule has 0 amide bonds. The van der Waals surface area contributed by atoms with Gasteiger partial charge in [0.2, 0.25) is 5.95 Å². The Bertz CT molecular complexity index is 591. The number of anilines is 2. The van der Waals surface area contributed by atoms with E-state index in [1.165, 1.54) is 0 Å². The average molecular weight is 293 g/mol. The number of rotatable bonds is 3. The number of aromatic nitrogens is 2. The Morgan fingerprint density at radius 2 is 2.20 bits per heavy atom. The molecule has 1 fully saturated rings. The first-order valence-electron chi connectivity index (χ1n) is 6.84. The highest BCUT2D eigenvalue weighted by Crippen LogP contribution is 2.32. The van der Waals surface area contributed by atoms with Crippen molar-refractivity contribution < 1.29 is 5.11 Å². The quantitative estimate of drug-likeness (QED) is 0.588. The lowest BCUT2D eigenvalue weighted by Crippen LogP contribution is -2.37. The van der Waals surface area contributed by atoms with Crippen LogP contribution in [0, 0.1) is 5.92 Å². The van der Waals surface area contributed by atoms with Crippen molar-refractivity contribution >= 4 is 33.3 Å². The predicted molar refractivity (Wildman–Crippen MR) is 81.8 cm³/mol. The molecular formula is C13H19N5OS. The molecule has 3 heterocycles. The van der Waals surface area contributed by atoms with E-state index in [0.29, 0.717) is 11.9 Å². The van der Waals surface area contributed by atoms with Gasteiger partial charge in [-0.25, -0.2) is 10.8 Å². The lowest BCUT2D eigenvalue weighted by molar-refractivity contribution is 0.110. The van der Waals surface area contributed by atoms with Gasteiger partial charge in [-0.15, -0.1) is 11.3 Å². The molecule has 20 heavy (non-hydrogen) atoms. The summed E-state index contributed by atoms with van der Waals surface area (Å²) in [5.41, 5.74) is 2.53. The number of nitrogens with two attached hydrogens (primary N) is 1. The fraction of sp³-hybridized carbons (Fsp3) is 0.538. The number of nitrogen functional groups attached to an aromatic ring is 1. The molecule has 0 aromatic carbocycles. The monoisotopic (exact) mass is 293 g/mol. The number of aliphatic hydroxyl groups is 1. The van der Waals surface area contributed by atoms with Gasteiger partial charge in [-0.1, -0.05) is 0 Å². The second-order valence-corrected chi connectivity index (χ2v) is 6.11. The zero-order chi connectivity index (χ0) is 14.1. The van der Waals surface area contributed by atoms with Crippen molar-refractivity contribution in [3.8, 4) is 0 Å². The Hall–Kier alpha value is -1.44. The number of nitrogens with zero attached hydrogens (tertiary/aromatic N) is 3. The molecular weight excluding hydrogens is 274 g/mol. The van der Waals surface area contributed by atoms with Crippen LogP contribution in [0.5, 0.6) is 0 Å². The molecule has 1 atom stereocenters. The lowest BCUT2D eigenvalue weighted by atomic mass is 9.92. The summed E-state index contributed by atoms with van der Waals surface area (Å²) < 4.78 is 0. The van der Waals surface area contributed by atoms with Crippen molar-refractivity contribution in [3.63, 3.8) is 0 Å². The normalized spacial score (nSPS) is 18.4. The van der Waals surface area contributed by atoms with Gasteiger partial charge in [-0.05, 0) is 37.1 Å². The standard InChI is InChI=1S/C13H19N5OS/c1-8(19)9-2-5-18(6-3-9)11-10-4-7-20-12(10)16-13(15-11)17-14/h4,7-9,19H,2-3,5-6,14H2,1H3,(H,15,16,17). The van der Waals surface area contributed by atoms with Crippen LogP contribution in [-0.2, 0) is 0 Å². The Labute approximate surface area is 121 Å². The highest BCUT2D eigenvalue weighted by Gasteiger charge is 2.25. The third-order valence-corrected chi connectivity index (χ3v) is 4.76. The lowest BCUT2D eigenvalue weighted by Gasteiger charge is -2.34. The number of nitrogens with one attached hydrogen (secondary N) is 1. The second-order valence-electron chi connectivity index (χ2n) is 5.22. The maximum Gasteiger partial charge on any atom is 0.240 e. The number of thiophene rings is 1. The van der Waals surface area contributed by atoms with Gasteiger partial charge in [-0.3, -0.25) is 5.43 Å². The molecule has 0 spiro atoms. The van der Waals surface area contributed by atoms with E-state index in [4.69, 9.17) is 5.84 Å². The van der Waals surface area contributed by atoms with E-state index in [9.17, 15) is 5.11 Å². The third-order valence-electron chi connectivity index (χ3n) is 3.96. The predicted octanol–water partition coefficient (Wildman–Crippen LogP) is 1.57. The molecule has 2 aromatic rings. The largest absolute Gasteiger partial charge is 0.393 e. The molecule has 0 bridgehead atoms. The van der Waals surface area contributed by atoms with E-state index in [2.05, 4.69) is 26.4 Å². The molecule has 4 N–H and O–H groups in total. The molecule has 1 aliphatic rings. The summed E-state index contributed by atoms with van der Waals surface area (Å²) in [6.45, 7) is 3.68. The minimum atomic E-state index is -0.231. The summed E-state index contributed by atoms with van der Waals surface area (Å²) >= 11 is 1.59. The number of piperidine rings is 1. The first-order chi connectivity index (χ1) is 9.69. The zero-order valence-electron chi connectivity index (χ0n) is 11.4. The van der Waals surface area contributed by atoms with Gasteiger partial charge in [0, 0.05) is 13.1 Å². The maximum atomic E-state index is 9.69. The van der Waals surface area contributed by atoms with Gasteiger partial charge in [0.1, 0.15) is 10.6 Å². The van der Waals surface area contributed by atoms with Crippen LogP contribution >= 0.6 is 11.3 Å². The van der Waals surface area contributed by atoms with Crippen LogP contribution in [-0.4, -0.2) is 34.3 Å². The van der Waals surface area contributed by atoms with E-state index in [1.54, 1.807) is 11.3 Å². The van der Waals surface area contributed by atoms with Crippen LogP contribution in [0.3, 0.4) is 0 Å². The molecule has 3 rings (SSSR count). The van der Waals surface area contributed by atoms with Crippen molar-refractivity contribution in [1.29, 1.82) is 0 Å². The van der Waals surface area contributed by atoms with E-state index in [0.717, 1.165) is 42.0 Å². The summed E-state index contributed by atoms with van der Waals surface area (Å²) in [6, 6.07) is 2.05. The summed E-state index contributed by atoms with van der Waals surface area (Å²) in [6.07, 6.45) is 1.74. The first-order valence-corrected chi connectivity index (χ1v) is 7.72. The van der Waals surface area contributed by atoms with Gasteiger partial charge in [-0.2, -0.15) is 4.98 Å². The number of hydrogen-bond acceptors (Lipinski definition) is 7. The fourth-order valence-corrected chi connectivity index (χ4v) is 3.50. The Morgan fingerprint density at radius 3 is 2.85 bits per heavy atom. The van der Waals surface area contributed by atoms with Crippen LogP contribution in [0.2, 0.25) is 0 Å². The molecule has 1 saturated heterocycles. The zero-order valence-corrected chi connectivity index (χ0v) is 12.2. The third kappa shape index (κ3) is 2.44. The Balaban J connectivity index is 1.88. The van der Waals surface area contributed by atoms with Crippen LogP contribution in [0.25, 0.3) is 10.2 Å². The summed E-state index contributed by atoms with van der Waals surface area (Å²) in [7, 11) is 0. The molecule has 108 valence electrons. The number of hydrazine groups is 1. The Kier molecular flexibility index (Phi) is 3.73. The van der Waals surface area contributed by atoms with Gasteiger partial charge in [0.05, 0.1) is 11.5 Å². The van der Waals surface area contributed by atoms with Crippen molar-refractivity contribution in [2.24, 2.45) is 11.8 Å². The molecule has 0 radical (unpaired) electrons. The summed E-state index contributed by atoms with van der Waals surface area (Å²) in [5.74, 6) is 7.22. The van der Waals surface area contributed by atoms with Crippen molar-refractivity contribution in [2.45, 2.75) is 25.9 Å². The van der Waals surface area contributed by atoms with Crippen LogP contribution in [0.1, 0.15) is 19.8 Å². The van der Waals surface area contributed by atoms with Crippen molar-refractivity contribution in [2.75, 3.05) is 23.4 Å². The summed E-state index contributed by atoms with van der Waals surface area (Å²) in [5, 5.41) is 12.8. The van der Waals surface area contributed by atoms with Gasteiger partial charge < -0.3 is 10.0 Å². The fourth-order valence-electron chi connectivity index (χ4n) is 2.74. The van der Waals surface area contributed by atoms with Crippen molar-refractivity contribution in [3.05, 3.63) is 11.4 Å². The van der Waals surface area contributed by atoms with Crippen LogP contribution in [0.4, 0.5) is 11.8 Å². The number of aliphatic hydroxyl groups excluding tert-OH is 1. The van der Waals surface area contributed by atoms with Crippen molar-refractivity contribution in [1.82, 2.24) is 9.97 Å². The molecule has 2 aromatic heterocycles. The summed E-state index contributed by atoms with van der Waals surface area (Å²) in [4.78, 5) is 12.1. The average Bonchev–Trinajstić information content (AvgIpc) is 2.94. The molecule has 0 aliphatic carbocycles. The van der Waals surface area contributed by atoms with Gasteiger partial charge in [0.25, 0.3) is 0 Å². The Morgan fingerprint density at radius 1 is 1.45 bits per heavy atom. The highest BCUT2D eigenvalue weighted by atomic mass is 32.1.